The van der Waals surface area contributed by atoms with Crippen LogP contribution in [0.25, 0.3) is 44.7 Å². The first-order valence-electron chi connectivity index (χ1n) is 14.6. The highest BCUT2D eigenvalue weighted by Crippen LogP contribution is 2.40. The van der Waals surface area contributed by atoms with Crippen molar-refractivity contribution in [2.75, 3.05) is 13.7 Å². The number of carbonyl (C=O) groups excluding carboxylic acids is 1. The number of hydrogen-bond donors (Lipinski definition) is 1. The second kappa shape index (κ2) is 8.94. The molecule has 0 spiro atoms. The number of fused-ring (bicyclic) bond motifs is 4. The van der Waals surface area contributed by atoms with E-state index >= 15 is 0 Å². The second-order valence-electron chi connectivity index (χ2n) is 12.2. The number of carbonyl (C=O) groups is 1. The Hall–Kier alpha value is -4.11. The number of likely N-dealkylation sites (tertiary alicyclic amines) is 1. The van der Waals surface area contributed by atoms with Crippen molar-refractivity contribution in [3.8, 4) is 28.5 Å². The van der Waals surface area contributed by atoms with E-state index < -0.39 is 0 Å². The van der Waals surface area contributed by atoms with Crippen molar-refractivity contribution in [1.82, 2.24) is 28.8 Å². The topological polar surface area (TPSA) is 96.1 Å². The Morgan fingerprint density at radius 1 is 1.05 bits per heavy atom. The standard InChI is InChI=1S/C32H35N7O2/c1-36-30-23(12-22(15-28(30)41-3)32(40)39-17-21-8-9-25(39)29(21)33)35-31(36)27-14-20-7-6-19(24-10-11-34-37(24)2)13-26(20)38(27)16-18-4-5-18/h6-7,10-15,18,21,25,29H,4-5,8-9,16-17,33H2,1-3H3. The first-order chi connectivity index (χ1) is 19.9. The molecule has 2 bridgehead atoms. The maximum atomic E-state index is 13.7. The van der Waals surface area contributed by atoms with Crippen LogP contribution in [-0.2, 0) is 20.6 Å². The SMILES string of the molecule is COc1cc(C(=O)N2CC3CCC2C3N)cc2nc(-c3cc4ccc(-c5ccnn5C)cc4n3CC3CC3)n(C)c12. The lowest BCUT2D eigenvalue weighted by Crippen LogP contribution is -2.41. The van der Waals surface area contributed by atoms with Crippen LogP contribution in [0.1, 0.15) is 36.0 Å². The number of ether oxygens (including phenoxy) is 1. The number of amides is 1. The summed E-state index contributed by atoms with van der Waals surface area (Å²) in [7, 11) is 5.67. The second-order valence-corrected chi connectivity index (χ2v) is 12.2. The molecule has 3 aromatic heterocycles. The molecule has 9 nitrogen and oxygen atoms in total. The van der Waals surface area contributed by atoms with Crippen molar-refractivity contribution in [2.24, 2.45) is 31.7 Å². The van der Waals surface area contributed by atoms with Gasteiger partial charge < -0.3 is 24.5 Å². The number of hydrogen-bond acceptors (Lipinski definition) is 5. The fourth-order valence-corrected chi connectivity index (χ4v) is 7.28. The average molecular weight is 550 g/mol. The van der Waals surface area contributed by atoms with Crippen LogP contribution in [0.4, 0.5) is 0 Å². The van der Waals surface area contributed by atoms with Crippen molar-refractivity contribution in [1.29, 1.82) is 0 Å². The smallest absolute Gasteiger partial charge is 0.254 e. The Morgan fingerprint density at radius 2 is 1.90 bits per heavy atom. The molecular weight excluding hydrogens is 514 g/mol. The first-order valence-corrected chi connectivity index (χ1v) is 14.6. The van der Waals surface area contributed by atoms with Crippen LogP contribution in [0.2, 0.25) is 0 Å². The summed E-state index contributed by atoms with van der Waals surface area (Å²) < 4.78 is 12.3. The van der Waals surface area contributed by atoms with Gasteiger partial charge in [-0.1, -0.05) is 12.1 Å². The summed E-state index contributed by atoms with van der Waals surface area (Å²) in [5, 5.41) is 5.55. The third kappa shape index (κ3) is 3.75. The van der Waals surface area contributed by atoms with E-state index in [9.17, 15) is 4.79 Å². The molecule has 5 aromatic rings. The molecular formula is C32H35N7O2. The fourth-order valence-electron chi connectivity index (χ4n) is 7.28. The van der Waals surface area contributed by atoms with Gasteiger partial charge in [0.25, 0.3) is 5.91 Å². The maximum absolute atomic E-state index is 13.7. The highest BCUT2D eigenvalue weighted by Gasteiger charge is 2.47. The molecule has 2 aromatic carbocycles. The number of methoxy groups -OCH3 is 1. The van der Waals surface area contributed by atoms with Crippen molar-refractivity contribution in [2.45, 2.75) is 44.3 Å². The van der Waals surface area contributed by atoms with Gasteiger partial charge >= 0.3 is 0 Å². The first kappa shape index (κ1) is 24.7. The fraction of sp³-hybridized carbons (Fsp3) is 0.406. The summed E-state index contributed by atoms with van der Waals surface area (Å²) in [6.45, 7) is 1.69. The molecule has 2 aliphatic carbocycles. The molecule has 8 rings (SSSR count). The number of piperidine rings is 1. The number of aromatic nitrogens is 5. The van der Waals surface area contributed by atoms with Gasteiger partial charge in [0.1, 0.15) is 11.3 Å². The lowest BCUT2D eigenvalue weighted by molar-refractivity contribution is 0.0700. The van der Waals surface area contributed by atoms with Crippen LogP contribution in [0.15, 0.2) is 48.7 Å². The average Bonchev–Trinajstić information content (AvgIpc) is 3.23. The molecule has 4 heterocycles. The van der Waals surface area contributed by atoms with Gasteiger partial charge in [0.2, 0.25) is 0 Å². The van der Waals surface area contributed by atoms with Crippen LogP contribution in [0.5, 0.6) is 5.75 Å². The molecule has 41 heavy (non-hydrogen) atoms. The van der Waals surface area contributed by atoms with E-state index in [1.165, 1.54) is 23.7 Å². The third-order valence-corrected chi connectivity index (χ3v) is 9.70. The molecule has 1 aliphatic heterocycles. The Balaban J connectivity index is 1.25. The van der Waals surface area contributed by atoms with Gasteiger partial charge in [0.05, 0.1) is 24.0 Å². The van der Waals surface area contributed by atoms with Crippen LogP contribution in [-0.4, -0.2) is 60.4 Å². The summed E-state index contributed by atoms with van der Waals surface area (Å²) in [6.07, 6.45) is 6.44. The number of nitrogens with two attached hydrogens (primary N) is 1. The summed E-state index contributed by atoms with van der Waals surface area (Å²) >= 11 is 0. The van der Waals surface area contributed by atoms with E-state index in [-0.39, 0.29) is 18.0 Å². The molecule has 1 amide bonds. The Kier molecular flexibility index (Phi) is 5.38. The minimum atomic E-state index is 0.0191. The van der Waals surface area contributed by atoms with Gasteiger partial charge in [-0.3, -0.25) is 9.48 Å². The normalized spacial score (nSPS) is 22.0. The molecule has 210 valence electrons. The zero-order chi connectivity index (χ0) is 28.0. The third-order valence-electron chi connectivity index (χ3n) is 9.70. The molecule has 3 unspecified atom stereocenters. The van der Waals surface area contributed by atoms with E-state index in [1.807, 2.05) is 48.1 Å². The van der Waals surface area contributed by atoms with Gasteiger partial charge in [-0.2, -0.15) is 5.10 Å². The maximum Gasteiger partial charge on any atom is 0.254 e. The van der Waals surface area contributed by atoms with E-state index in [1.54, 1.807) is 7.11 Å². The number of rotatable bonds is 6. The van der Waals surface area contributed by atoms with Crippen molar-refractivity contribution < 1.29 is 9.53 Å². The highest BCUT2D eigenvalue weighted by molar-refractivity contribution is 6.00. The zero-order valence-electron chi connectivity index (χ0n) is 23.7. The predicted molar refractivity (Wildman–Crippen MR) is 159 cm³/mol. The summed E-state index contributed by atoms with van der Waals surface area (Å²) in [6, 6.07) is 14.9. The number of imidazole rings is 1. The van der Waals surface area contributed by atoms with Gasteiger partial charge in [-0.05, 0) is 67.9 Å². The van der Waals surface area contributed by atoms with E-state index in [0.29, 0.717) is 23.1 Å². The predicted octanol–water partition coefficient (Wildman–Crippen LogP) is 4.58. The number of benzene rings is 2. The van der Waals surface area contributed by atoms with E-state index in [2.05, 4.69) is 38.5 Å². The summed E-state index contributed by atoms with van der Waals surface area (Å²) in [5.41, 5.74) is 13.2. The van der Waals surface area contributed by atoms with Crippen LogP contribution in [0.3, 0.4) is 0 Å². The molecule has 3 fully saturated rings. The Bertz CT molecular complexity index is 1840. The van der Waals surface area contributed by atoms with E-state index in [0.717, 1.165) is 59.7 Å². The lowest BCUT2D eigenvalue weighted by atomic mass is 10.1. The summed E-state index contributed by atoms with van der Waals surface area (Å²) in [4.78, 5) is 20.8. The quantitative estimate of drug-likeness (QED) is 0.335. The lowest BCUT2D eigenvalue weighted by Gasteiger charge is -2.27. The zero-order valence-corrected chi connectivity index (χ0v) is 23.7. The summed E-state index contributed by atoms with van der Waals surface area (Å²) in [5.74, 6) is 2.63. The van der Waals surface area contributed by atoms with Gasteiger partial charge in [-0.25, -0.2) is 4.98 Å². The van der Waals surface area contributed by atoms with Gasteiger partial charge in [0.15, 0.2) is 5.82 Å². The van der Waals surface area contributed by atoms with Gasteiger partial charge in [-0.15, -0.1) is 0 Å². The van der Waals surface area contributed by atoms with Crippen LogP contribution >= 0.6 is 0 Å². The van der Waals surface area contributed by atoms with Gasteiger partial charge in [0, 0.05) is 67.5 Å². The van der Waals surface area contributed by atoms with Crippen molar-refractivity contribution >= 4 is 27.8 Å². The van der Waals surface area contributed by atoms with Crippen LogP contribution < -0.4 is 10.5 Å². The minimum Gasteiger partial charge on any atom is -0.494 e. The van der Waals surface area contributed by atoms with Crippen molar-refractivity contribution in [3.63, 3.8) is 0 Å². The monoisotopic (exact) mass is 549 g/mol. The van der Waals surface area contributed by atoms with Crippen LogP contribution in [0, 0.1) is 11.8 Å². The van der Waals surface area contributed by atoms with Crippen molar-refractivity contribution in [3.05, 3.63) is 54.2 Å². The molecule has 2 N–H and O–H groups in total. The number of aryl methyl sites for hydroxylation is 2. The largest absolute Gasteiger partial charge is 0.494 e. The molecule has 2 saturated carbocycles. The Morgan fingerprint density at radius 3 is 2.59 bits per heavy atom. The molecule has 3 atom stereocenters. The Labute approximate surface area is 238 Å². The molecule has 0 radical (unpaired) electrons. The minimum absolute atomic E-state index is 0.0191. The van der Waals surface area contributed by atoms with E-state index in [4.69, 9.17) is 15.5 Å². The molecule has 1 saturated heterocycles. The molecule has 3 aliphatic rings. The molecule has 9 heteroatoms. The highest BCUT2D eigenvalue weighted by atomic mass is 16.5. The number of nitrogens with zero attached hydrogens (tertiary/aromatic N) is 6.